The second kappa shape index (κ2) is 12.4. The lowest BCUT2D eigenvalue weighted by Crippen LogP contribution is -2.15. The molecule has 0 saturated heterocycles. The molecule has 8 heteroatoms. The van der Waals surface area contributed by atoms with Crippen LogP contribution in [0.5, 0.6) is 23.0 Å². The predicted octanol–water partition coefficient (Wildman–Crippen LogP) is 6.50. The summed E-state index contributed by atoms with van der Waals surface area (Å²) in [5.74, 6) is 1.61. The summed E-state index contributed by atoms with van der Waals surface area (Å²) in [6.07, 6.45) is -0.0463. The molecule has 39 heavy (non-hydrogen) atoms. The standard InChI is InChI=1S/C31H33NO7/c1-6-36-29(33)19-28-30(31(34)37-7-2)26-18-25(39-24-14-12-23(13-15-24)38-20(3)4)16-17-27(26)32(28)21-8-10-22(35-5)11-9-21/h8-18,20H,6-7,19H2,1-5H3. The number of hydrogen-bond acceptors (Lipinski definition) is 7. The minimum Gasteiger partial charge on any atom is -0.497 e. The summed E-state index contributed by atoms with van der Waals surface area (Å²) >= 11 is 0. The van der Waals surface area contributed by atoms with Crippen LogP contribution in [0.15, 0.2) is 66.7 Å². The van der Waals surface area contributed by atoms with Gasteiger partial charge in [0.05, 0.1) is 43.9 Å². The summed E-state index contributed by atoms with van der Waals surface area (Å²) in [5.41, 5.74) is 2.24. The van der Waals surface area contributed by atoms with Gasteiger partial charge in [0.1, 0.15) is 23.0 Å². The maximum atomic E-state index is 13.3. The van der Waals surface area contributed by atoms with Crippen molar-refractivity contribution in [3.8, 4) is 28.7 Å². The van der Waals surface area contributed by atoms with E-state index >= 15 is 0 Å². The van der Waals surface area contributed by atoms with E-state index in [4.69, 9.17) is 23.7 Å². The number of benzene rings is 3. The molecule has 204 valence electrons. The molecule has 1 heterocycles. The molecule has 0 radical (unpaired) electrons. The maximum absolute atomic E-state index is 13.3. The average Bonchev–Trinajstić information content (AvgIpc) is 3.22. The Morgan fingerprint density at radius 3 is 2.03 bits per heavy atom. The molecule has 4 aromatic rings. The number of ether oxygens (including phenoxy) is 5. The zero-order valence-electron chi connectivity index (χ0n) is 22.9. The molecule has 1 aromatic heterocycles. The van der Waals surface area contributed by atoms with E-state index in [0.717, 1.165) is 17.0 Å². The SMILES string of the molecule is CCOC(=O)Cc1c(C(=O)OCC)c2cc(Oc3ccc(OC(C)C)cc3)ccc2n1-c1ccc(OC)cc1. The Morgan fingerprint density at radius 2 is 1.41 bits per heavy atom. The lowest BCUT2D eigenvalue weighted by molar-refractivity contribution is -0.142. The zero-order valence-corrected chi connectivity index (χ0v) is 22.9. The number of fused-ring (bicyclic) bond motifs is 1. The van der Waals surface area contributed by atoms with E-state index in [0.29, 0.717) is 33.9 Å². The average molecular weight is 532 g/mol. The smallest absolute Gasteiger partial charge is 0.340 e. The number of carbonyl (C=O) groups excluding carboxylic acids is 2. The molecule has 0 N–H and O–H groups in total. The third kappa shape index (κ3) is 6.34. The fourth-order valence-electron chi connectivity index (χ4n) is 4.35. The van der Waals surface area contributed by atoms with Crippen LogP contribution in [0.1, 0.15) is 43.7 Å². The van der Waals surface area contributed by atoms with Crippen LogP contribution in [0.3, 0.4) is 0 Å². The highest BCUT2D eigenvalue weighted by atomic mass is 16.5. The Balaban J connectivity index is 1.85. The summed E-state index contributed by atoms with van der Waals surface area (Å²) in [6.45, 7) is 7.84. The third-order valence-corrected chi connectivity index (χ3v) is 5.90. The van der Waals surface area contributed by atoms with E-state index in [-0.39, 0.29) is 25.7 Å². The highest BCUT2D eigenvalue weighted by molar-refractivity contribution is 6.07. The summed E-state index contributed by atoms with van der Waals surface area (Å²) < 4.78 is 29.7. The van der Waals surface area contributed by atoms with Gasteiger partial charge in [0.2, 0.25) is 0 Å². The van der Waals surface area contributed by atoms with Crippen molar-refractivity contribution in [3.63, 3.8) is 0 Å². The first-order valence-corrected chi connectivity index (χ1v) is 12.9. The minimum absolute atomic E-state index is 0.0685. The highest BCUT2D eigenvalue weighted by Gasteiger charge is 2.27. The predicted molar refractivity (Wildman–Crippen MR) is 148 cm³/mol. The third-order valence-electron chi connectivity index (χ3n) is 5.90. The molecule has 0 amide bonds. The number of aromatic nitrogens is 1. The first kappa shape index (κ1) is 27.6. The Bertz CT molecular complexity index is 1440. The molecule has 8 nitrogen and oxygen atoms in total. The zero-order chi connectivity index (χ0) is 27.9. The quantitative estimate of drug-likeness (QED) is 0.204. The van der Waals surface area contributed by atoms with Gasteiger partial charge in [-0.15, -0.1) is 0 Å². The normalized spacial score (nSPS) is 10.9. The van der Waals surface area contributed by atoms with E-state index in [9.17, 15) is 9.59 Å². The van der Waals surface area contributed by atoms with Crippen molar-refractivity contribution in [3.05, 3.63) is 78.0 Å². The van der Waals surface area contributed by atoms with Crippen molar-refractivity contribution in [1.82, 2.24) is 4.57 Å². The van der Waals surface area contributed by atoms with Crippen LogP contribution >= 0.6 is 0 Å². The fourth-order valence-corrected chi connectivity index (χ4v) is 4.35. The van der Waals surface area contributed by atoms with Gasteiger partial charge in [-0.05, 0) is 94.4 Å². The molecule has 0 bridgehead atoms. The van der Waals surface area contributed by atoms with Crippen LogP contribution in [-0.2, 0) is 20.7 Å². The summed E-state index contributed by atoms with van der Waals surface area (Å²) in [4.78, 5) is 26.0. The molecule has 0 atom stereocenters. The molecule has 0 aliphatic rings. The van der Waals surface area contributed by atoms with Crippen molar-refractivity contribution < 1.29 is 33.3 Å². The first-order chi connectivity index (χ1) is 18.8. The Hall–Kier alpha value is -4.46. The van der Waals surface area contributed by atoms with Crippen LogP contribution in [0, 0.1) is 0 Å². The van der Waals surface area contributed by atoms with E-state index in [1.165, 1.54) is 0 Å². The van der Waals surface area contributed by atoms with E-state index in [1.807, 2.05) is 79.1 Å². The summed E-state index contributed by atoms with van der Waals surface area (Å²) in [7, 11) is 1.59. The lowest BCUT2D eigenvalue weighted by atomic mass is 10.1. The van der Waals surface area contributed by atoms with Crippen LogP contribution in [-0.4, -0.2) is 42.9 Å². The van der Waals surface area contributed by atoms with Gasteiger partial charge in [0.15, 0.2) is 0 Å². The largest absolute Gasteiger partial charge is 0.497 e. The van der Waals surface area contributed by atoms with Gasteiger partial charge in [-0.2, -0.15) is 0 Å². The molecule has 0 fully saturated rings. The Labute approximate surface area is 228 Å². The van der Waals surface area contributed by atoms with Crippen LogP contribution in [0.4, 0.5) is 0 Å². The number of carbonyl (C=O) groups is 2. The van der Waals surface area contributed by atoms with Crippen molar-refractivity contribution in [1.29, 1.82) is 0 Å². The second-order valence-corrected chi connectivity index (χ2v) is 8.98. The molecule has 0 aliphatic carbocycles. The molecule has 4 rings (SSSR count). The van der Waals surface area contributed by atoms with Crippen molar-refractivity contribution in [2.45, 2.75) is 40.2 Å². The van der Waals surface area contributed by atoms with Gasteiger partial charge in [-0.3, -0.25) is 4.79 Å². The van der Waals surface area contributed by atoms with Crippen molar-refractivity contribution in [2.24, 2.45) is 0 Å². The maximum Gasteiger partial charge on any atom is 0.340 e. The van der Waals surface area contributed by atoms with Gasteiger partial charge in [0, 0.05) is 16.8 Å². The lowest BCUT2D eigenvalue weighted by Gasteiger charge is -2.13. The monoisotopic (exact) mass is 531 g/mol. The number of nitrogens with zero attached hydrogens (tertiary/aromatic N) is 1. The molecular formula is C31H33NO7. The molecule has 0 unspecified atom stereocenters. The van der Waals surface area contributed by atoms with E-state index in [2.05, 4.69) is 0 Å². The number of hydrogen-bond donors (Lipinski definition) is 0. The van der Waals surface area contributed by atoms with Crippen LogP contribution in [0.25, 0.3) is 16.6 Å². The van der Waals surface area contributed by atoms with Crippen molar-refractivity contribution >= 4 is 22.8 Å². The fraction of sp³-hybridized carbons (Fsp3) is 0.290. The van der Waals surface area contributed by atoms with E-state index in [1.54, 1.807) is 27.0 Å². The molecular weight excluding hydrogens is 498 g/mol. The molecule has 0 saturated carbocycles. The minimum atomic E-state index is -0.526. The van der Waals surface area contributed by atoms with Gasteiger partial charge < -0.3 is 28.3 Å². The topological polar surface area (TPSA) is 85.2 Å². The van der Waals surface area contributed by atoms with Gasteiger partial charge in [-0.25, -0.2) is 4.79 Å². The van der Waals surface area contributed by atoms with Crippen molar-refractivity contribution in [2.75, 3.05) is 20.3 Å². The second-order valence-electron chi connectivity index (χ2n) is 8.98. The van der Waals surface area contributed by atoms with E-state index < -0.39 is 11.9 Å². The van der Waals surface area contributed by atoms with Crippen LogP contribution in [0.2, 0.25) is 0 Å². The molecule has 0 aliphatic heterocycles. The Morgan fingerprint density at radius 1 is 0.795 bits per heavy atom. The molecule has 3 aromatic carbocycles. The van der Waals surface area contributed by atoms with Gasteiger partial charge >= 0.3 is 11.9 Å². The summed E-state index contributed by atoms with van der Waals surface area (Å²) in [5, 5.41) is 0.598. The van der Waals surface area contributed by atoms with Gasteiger partial charge in [-0.1, -0.05) is 0 Å². The summed E-state index contributed by atoms with van der Waals surface area (Å²) in [6, 6.07) is 20.2. The van der Waals surface area contributed by atoms with Gasteiger partial charge in [0.25, 0.3) is 0 Å². The van der Waals surface area contributed by atoms with Crippen LogP contribution < -0.4 is 14.2 Å². The molecule has 0 spiro atoms. The number of methoxy groups -OCH3 is 1. The Kier molecular flexibility index (Phi) is 8.76. The number of esters is 2. The number of rotatable bonds is 11. The first-order valence-electron chi connectivity index (χ1n) is 12.9. The highest BCUT2D eigenvalue weighted by Crippen LogP contribution is 2.35.